The number of thiophene rings is 1. The summed E-state index contributed by atoms with van der Waals surface area (Å²) in [5.74, 6) is 0.715. The number of hydrogen-bond donors (Lipinski definition) is 2. The smallest absolute Gasteiger partial charge is 0.261 e. The number of carbonyl (C=O) groups excluding carboxylic acids is 2. The van der Waals surface area contributed by atoms with Crippen molar-refractivity contribution >= 4 is 28.8 Å². The number of benzene rings is 2. The minimum Gasteiger partial charge on any atom is -0.493 e. The van der Waals surface area contributed by atoms with E-state index in [1.54, 1.807) is 55.9 Å². The van der Waals surface area contributed by atoms with E-state index in [1.807, 2.05) is 35.7 Å². The highest BCUT2D eigenvalue weighted by Crippen LogP contribution is 2.31. The molecule has 0 saturated carbocycles. The van der Waals surface area contributed by atoms with Crippen molar-refractivity contribution < 1.29 is 19.1 Å². The molecule has 0 atom stereocenters. The fourth-order valence-corrected chi connectivity index (χ4v) is 3.81. The Labute approximate surface area is 201 Å². The van der Waals surface area contributed by atoms with Crippen LogP contribution in [0.1, 0.15) is 31.2 Å². The van der Waals surface area contributed by atoms with Gasteiger partial charge in [0.05, 0.1) is 12.0 Å². The molecule has 34 heavy (non-hydrogen) atoms. The minimum atomic E-state index is -0.252. The number of amides is 2. The fourth-order valence-electron chi connectivity index (χ4n) is 3.17. The van der Waals surface area contributed by atoms with E-state index < -0.39 is 0 Å². The van der Waals surface area contributed by atoms with Gasteiger partial charge >= 0.3 is 0 Å². The molecule has 0 saturated heterocycles. The number of nitrogens with zero attached hydrogens (tertiary/aromatic N) is 1. The van der Waals surface area contributed by atoms with Crippen molar-refractivity contribution in [2.24, 2.45) is 0 Å². The van der Waals surface area contributed by atoms with E-state index in [0.717, 1.165) is 11.1 Å². The molecule has 0 aliphatic heterocycles. The van der Waals surface area contributed by atoms with Crippen molar-refractivity contribution in [3.63, 3.8) is 0 Å². The summed E-state index contributed by atoms with van der Waals surface area (Å²) >= 11 is 1.39. The molecule has 2 N–H and O–H groups in total. The van der Waals surface area contributed by atoms with Crippen LogP contribution in [-0.2, 0) is 13.2 Å². The summed E-state index contributed by atoms with van der Waals surface area (Å²) in [5.41, 5.74) is 2.91. The van der Waals surface area contributed by atoms with Gasteiger partial charge < -0.3 is 20.1 Å². The first-order valence-electron chi connectivity index (χ1n) is 10.5. The standard InChI is InChI=1S/C26H23N3O4S/c1-32-22-11-10-21(14-23(22)33-17-19-4-2-12-27-15-19)29-25(30)20-8-6-18(7-9-20)16-28-26(31)24-5-3-13-34-24/h2-15H,16-17H2,1H3,(H,28,31)(H,29,30). The van der Waals surface area contributed by atoms with E-state index in [-0.39, 0.29) is 11.8 Å². The molecular formula is C26H23N3O4S. The van der Waals surface area contributed by atoms with Crippen molar-refractivity contribution in [2.75, 3.05) is 12.4 Å². The SMILES string of the molecule is COc1ccc(NC(=O)c2ccc(CNC(=O)c3cccs3)cc2)cc1OCc1cccnc1. The lowest BCUT2D eigenvalue weighted by atomic mass is 10.1. The minimum absolute atomic E-state index is 0.113. The molecule has 2 aromatic carbocycles. The maximum Gasteiger partial charge on any atom is 0.261 e. The highest BCUT2D eigenvalue weighted by atomic mass is 32.1. The summed E-state index contributed by atoms with van der Waals surface area (Å²) in [4.78, 5) is 29.5. The average molecular weight is 474 g/mol. The number of methoxy groups -OCH3 is 1. The third-order valence-electron chi connectivity index (χ3n) is 4.95. The van der Waals surface area contributed by atoms with Crippen molar-refractivity contribution in [2.45, 2.75) is 13.2 Å². The highest BCUT2D eigenvalue weighted by Gasteiger charge is 2.11. The molecular weight excluding hydrogens is 450 g/mol. The molecule has 7 nitrogen and oxygen atoms in total. The van der Waals surface area contributed by atoms with Crippen LogP contribution in [0, 0.1) is 0 Å². The van der Waals surface area contributed by atoms with Gasteiger partial charge in [0.15, 0.2) is 11.5 Å². The largest absolute Gasteiger partial charge is 0.493 e. The maximum absolute atomic E-state index is 12.7. The normalized spacial score (nSPS) is 10.4. The van der Waals surface area contributed by atoms with Crippen LogP contribution < -0.4 is 20.1 Å². The van der Waals surface area contributed by atoms with Crippen LogP contribution in [-0.4, -0.2) is 23.9 Å². The van der Waals surface area contributed by atoms with Crippen LogP contribution >= 0.6 is 11.3 Å². The molecule has 0 aliphatic rings. The number of anilines is 1. The van der Waals surface area contributed by atoms with Crippen molar-refractivity contribution in [1.82, 2.24) is 10.3 Å². The average Bonchev–Trinajstić information content (AvgIpc) is 3.42. The quantitative estimate of drug-likeness (QED) is 0.360. The molecule has 0 unspecified atom stereocenters. The number of aromatic nitrogens is 1. The number of nitrogens with one attached hydrogen (secondary N) is 2. The highest BCUT2D eigenvalue weighted by molar-refractivity contribution is 7.12. The van der Waals surface area contributed by atoms with Crippen molar-refractivity contribution in [3.05, 3.63) is 106 Å². The Morgan fingerprint density at radius 3 is 2.50 bits per heavy atom. The Bertz CT molecular complexity index is 1240. The molecule has 0 radical (unpaired) electrons. The summed E-state index contributed by atoms with van der Waals surface area (Å²) in [6.07, 6.45) is 3.43. The Morgan fingerprint density at radius 2 is 1.79 bits per heavy atom. The number of pyridine rings is 1. The van der Waals surface area contributed by atoms with Gasteiger partial charge in [-0.2, -0.15) is 0 Å². The maximum atomic E-state index is 12.7. The third-order valence-corrected chi connectivity index (χ3v) is 5.82. The first-order chi connectivity index (χ1) is 16.6. The summed E-state index contributed by atoms with van der Waals surface area (Å²) in [6.45, 7) is 0.709. The van der Waals surface area contributed by atoms with E-state index in [2.05, 4.69) is 15.6 Å². The predicted octanol–water partition coefficient (Wildman–Crippen LogP) is 4.91. The Hall–Kier alpha value is -4.17. The monoisotopic (exact) mass is 473 g/mol. The van der Waals surface area contributed by atoms with Crippen LogP contribution in [0.5, 0.6) is 11.5 Å². The van der Waals surface area contributed by atoms with E-state index in [0.29, 0.717) is 40.8 Å². The zero-order valence-corrected chi connectivity index (χ0v) is 19.3. The lowest BCUT2D eigenvalue weighted by Gasteiger charge is -2.13. The van der Waals surface area contributed by atoms with Crippen LogP contribution in [0.25, 0.3) is 0 Å². The van der Waals surface area contributed by atoms with Crippen molar-refractivity contribution in [1.29, 1.82) is 0 Å². The van der Waals surface area contributed by atoms with Crippen molar-refractivity contribution in [3.8, 4) is 11.5 Å². The van der Waals surface area contributed by atoms with E-state index in [1.165, 1.54) is 11.3 Å². The lowest BCUT2D eigenvalue weighted by Crippen LogP contribution is -2.21. The lowest BCUT2D eigenvalue weighted by molar-refractivity contribution is 0.0953. The topological polar surface area (TPSA) is 89.6 Å². The molecule has 0 fully saturated rings. The second-order valence-electron chi connectivity index (χ2n) is 7.33. The number of rotatable bonds is 9. The van der Waals surface area contributed by atoms with Gasteiger partial charge in [-0.3, -0.25) is 14.6 Å². The summed E-state index contributed by atoms with van der Waals surface area (Å²) in [7, 11) is 1.56. The molecule has 172 valence electrons. The first kappa shape index (κ1) is 23.0. The van der Waals surface area contributed by atoms with E-state index in [4.69, 9.17) is 9.47 Å². The molecule has 0 spiro atoms. The molecule has 2 heterocycles. The Balaban J connectivity index is 1.36. The van der Waals surface area contributed by atoms with Gasteiger partial charge in [0.1, 0.15) is 6.61 Å². The van der Waals surface area contributed by atoms with Gasteiger partial charge in [0.2, 0.25) is 0 Å². The van der Waals surface area contributed by atoms with Gasteiger partial charge in [0.25, 0.3) is 11.8 Å². The van der Waals surface area contributed by atoms with Gasteiger partial charge in [-0.05, 0) is 47.3 Å². The van der Waals surface area contributed by atoms with Crippen LogP contribution in [0.3, 0.4) is 0 Å². The molecule has 2 amide bonds. The number of carbonyl (C=O) groups is 2. The number of ether oxygens (including phenoxy) is 2. The van der Waals surface area contributed by atoms with Crippen LogP contribution in [0.15, 0.2) is 84.5 Å². The summed E-state index contributed by atoms with van der Waals surface area (Å²) < 4.78 is 11.3. The molecule has 2 aromatic heterocycles. The molecule has 4 aromatic rings. The summed E-state index contributed by atoms with van der Waals surface area (Å²) in [5, 5.41) is 7.62. The molecule has 0 bridgehead atoms. The first-order valence-corrected chi connectivity index (χ1v) is 11.4. The summed E-state index contributed by atoms with van der Waals surface area (Å²) in [6, 6.07) is 19.7. The van der Waals surface area contributed by atoms with Crippen LogP contribution in [0.2, 0.25) is 0 Å². The van der Waals surface area contributed by atoms with Gasteiger partial charge in [0, 0.05) is 41.8 Å². The molecule has 4 rings (SSSR count). The second-order valence-corrected chi connectivity index (χ2v) is 8.27. The van der Waals surface area contributed by atoms with E-state index in [9.17, 15) is 9.59 Å². The Morgan fingerprint density at radius 1 is 0.941 bits per heavy atom. The molecule has 8 heteroatoms. The van der Waals surface area contributed by atoms with E-state index >= 15 is 0 Å². The fraction of sp³-hybridized carbons (Fsp3) is 0.115. The Kier molecular flexibility index (Phi) is 7.52. The zero-order chi connectivity index (χ0) is 23.8. The molecule has 0 aliphatic carbocycles. The second kappa shape index (κ2) is 11.1. The van der Waals surface area contributed by atoms with Crippen LogP contribution in [0.4, 0.5) is 5.69 Å². The van der Waals surface area contributed by atoms with Gasteiger partial charge in [-0.25, -0.2) is 0 Å². The zero-order valence-electron chi connectivity index (χ0n) is 18.5. The third kappa shape index (κ3) is 5.99. The number of hydrogen-bond acceptors (Lipinski definition) is 6. The van der Waals surface area contributed by atoms with Gasteiger partial charge in [-0.15, -0.1) is 11.3 Å². The predicted molar refractivity (Wildman–Crippen MR) is 131 cm³/mol. The van der Waals surface area contributed by atoms with Gasteiger partial charge in [-0.1, -0.05) is 24.3 Å².